The van der Waals surface area contributed by atoms with Crippen LogP contribution in [-0.4, -0.2) is 31.1 Å². The quantitative estimate of drug-likeness (QED) is 0.481. The second-order valence-electron chi connectivity index (χ2n) is 11.2. The van der Waals surface area contributed by atoms with Crippen molar-refractivity contribution in [3.05, 3.63) is 11.1 Å². The van der Waals surface area contributed by atoms with E-state index in [-0.39, 0.29) is 23.3 Å². The SMILES string of the molecule is CC(=O)O[C@H]1CC[C@@]2(C)C(=C3CC4[C@]5(C)CCC6(OCCO6)[C@@]5(C)CC[C@@]342)C1. The molecule has 6 atom stereocenters. The molecule has 0 aromatic rings. The summed E-state index contributed by atoms with van der Waals surface area (Å²) in [6.07, 6.45) is 9.30. The van der Waals surface area contributed by atoms with Gasteiger partial charge in [0.05, 0.1) is 13.2 Å². The number of carbonyl (C=O) groups excluding carboxylic acids is 1. The maximum Gasteiger partial charge on any atom is 0.302 e. The first-order valence-electron chi connectivity index (χ1n) is 11.4. The smallest absolute Gasteiger partial charge is 0.302 e. The Balaban J connectivity index is 1.35. The fourth-order valence-corrected chi connectivity index (χ4v) is 9.31. The number of carbonyl (C=O) groups is 1. The highest BCUT2D eigenvalue weighted by atomic mass is 16.7. The summed E-state index contributed by atoms with van der Waals surface area (Å²) in [5.41, 5.74) is 4.53. The topological polar surface area (TPSA) is 44.8 Å². The molecule has 1 aliphatic heterocycles. The summed E-state index contributed by atoms with van der Waals surface area (Å²) in [7, 11) is 0. The molecule has 0 N–H and O–H groups in total. The minimum atomic E-state index is -0.330. The average molecular weight is 387 g/mol. The molecule has 4 saturated carbocycles. The highest BCUT2D eigenvalue weighted by molar-refractivity contribution is 5.66. The van der Waals surface area contributed by atoms with Crippen LogP contribution < -0.4 is 0 Å². The Bertz CT molecular complexity index is 794. The van der Waals surface area contributed by atoms with Crippen LogP contribution in [0.1, 0.15) is 79.1 Å². The minimum absolute atomic E-state index is 0.101. The van der Waals surface area contributed by atoms with Gasteiger partial charge in [-0.05, 0) is 55.3 Å². The van der Waals surface area contributed by atoms with E-state index in [0.29, 0.717) is 16.2 Å². The van der Waals surface area contributed by atoms with Crippen molar-refractivity contribution in [2.75, 3.05) is 13.2 Å². The van der Waals surface area contributed by atoms with Crippen molar-refractivity contribution in [1.29, 1.82) is 0 Å². The van der Waals surface area contributed by atoms with Gasteiger partial charge in [-0.15, -0.1) is 0 Å². The number of hydrogen-bond acceptors (Lipinski definition) is 4. The molecular weight excluding hydrogens is 352 g/mol. The molecule has 0 aromatic heterocycles. The highest BCUT2D eigenvalue weighted by Gasteiger charge is 2.81. The first-order valence-corrected chi connectivity index (χ1v) is 11.4. The molecule has 4 nitrogen and oxygen atoms in total. The lowest BCUT2D eigenvalue weighted by Gasteiger charge is -2.79. The van der Waals surface area contributed by atoms with Crippen LogP contribution in [0.3, 0.4) is 0 Å². The molecular formula is C24H34O4. The van der Waals surface area contributed by atoms with E-state index in [2.05, 4.69) is 20.8 Å². The van der Waals surface area contributed by atoms with Crippen molar-refractivity contribution in [2.45, 2.75) is 91.0 Å². The van der Waals surface area contributed by atoms with Crippen LogP contribution in [0.4, 0.5) is 0 Å². The Morgan fingerprint density at radius 1 is 0.964 bits per heavy atom. The van der Waals surface area contributed by atoms with Gasteiger partial charge in [0, 0.05) is 30.6 Å². The Morgan fingerprint density at radius 3 is 2.43 bits per heavy atom. The summed E-state index contributed by atoms with van der Waals surface area (Å²) in [4.78, 5) is 11.4. The number of hydrogen-bond donors (Lipinski definition) is 0. The predicted molar refractivity (Wildman–Crippen MR) is 104 cm³/mol. The van der Waals surface area contributed by atoms with Crippen molar-refractivity contribution in [3.63, 3.8) is 0 Å². The van der Waals surface area contributed by atoms with Gasteiger partial charge in [-0.3, -0.25) is 4.79 Å². The monoisotopic (exact) mass is 386 g/mol. The lowest BCUT2D eigenvalue weighted by atomic mass is 9.25. The fourth-order valence-electron chi connectivity index (χ4n) is 9.31. The molecule has 28 heavy (non-hydrogen) atoms. The summed E-state index contributed by atoms with van der Waals surface area (Å²) >= 11 is 0. The van der Waals surface area contributed by atoms with Gasteiger partial charge in [-0.2, -0.15) is 0 Å². The number of allylic oxidation sites excluding steroid dienone is 1. The molecule has 0 bridgehead atoms. The van der Waals surface area contributed by atoms with Crippen molar-refractivity contribution in [2.24, 2.45) is 27.6 Å². The lowest BCUT2D eigenvalue weighted by molar-refractivity contribution is -0.285. The summed E-state index contributed by atoms with van der Waals surface area (Å²) in [6.45, 7) is 10.6. The molecule has 0 aromatic carbocycles. The maximum atomic E-state index is 11.4. The normalized spacial score (nSPS) is 52.9. The van der Waals surface area contributed by atoms with E-state index in [4.69, 9.17) is 14.2 Å². The zero-order chi connectivity index (χ0) is 19.6. The van der Waals surface area contributed by atoms with Crippen LogP contribution >= 0.6 is 0 Å². The van der Waals surface area contributed by atoms with Crippen LogP contribution in [0.25, 0.3) is 0 Å². The van der Waals surface area contributed by atoms with Crippen LogP contribution in [0.15, 0.2) is 11.1 Å². The van der Waals surface area contributed by atoms with Gasteiger partial charge in [-0.25, -0.2) is 0 Å². The number of rotatable bonds is 1. The summed E-state index contributed by atoms with van der Waals surface area (Å²) in [5.74, 6) is 0.289. The van der Waals surface area contributed by atoms with Gasteiger partial charge < -0.3 is 14.2 Å². The zero-order valence-corrected chi connectivity index (χ0v) is 17.9. The molecule has 0 radical (unpaired) electrons. The van der Waals surface area contributed by atoms with E-state index in [9.17, 15) is 4.79 Å². The zero-order valence-electron chi connectivity index (χ0n) is 17.9. The van der Waals surface area contributed by atoms with Gasteiger partial charge >= 0.3 is 5.97 Å². The molecule has 4 heteroatoms. The molecule has 154 valence electrons. The number of ether oxygens (including phenoxy) is 3. The first-order chi connectivity index (χ1) is 13.2. The lowest BCUT2D eigenvalue weighted by Crippen LogP contribution is -2.73. The van der Waals surface area contributed by atoms with E-state index in [0.717, 1.165) is 38.4 Å². The standard InChI is InChI=1S/C24H34O4/c1-15(25)28-16-5-6-20(2)17(13-16)18-14-19-21(3)7-10-24(26-11-12-27-24)22(21,4)8-9-23(18,19)20/h16,19H,5-14H2,1-4H3/t16-,19?,20-,21-,22-,23+/m0/s1. The minimum Gasteiger partial charge on any atom is -0.462 e. The van der Waals surface area contributed by atoms with E-state index in [1.54, 1.807) is 18.1 Å². The van der Waals surface area contributed by atoms with Crippen LogP contribution in [-0.2, 0) is 19.0 Å². The van der Waals surface area contributed by atoms with Gasteiger partial charge in [-0.1, -0.05) is 31.9 Å². The van der Waals surface area contributed by atoms with Crippen molar-refractivity contribution < 1.29 is 19.0 Å². The molecule has 6 aliphatic rings. The maximum absolute atomic E-state index is 11.4. The Morgan fingerprint density at radius 2 is 1.71 bits per heavy atom. The molecule has 1 saturated heterocycles. The highest BCUT2D eigenvalue weighted by Crippen LogP contribution is 2.87. The van der Waals surface area contributed by atoms with Crippen LogP contribution in [0.2, 0.25) is 0 Å². The van der Waals surface area contributed by atoms with Gasteiger partial charge in [0.1, 0.15) is 6.10 Å². The first kappa shape index (κ1) is 17.9. The summed E-state index contributed by atoms with van der Waals surface area (Å²) in [6, 6.07) is 0. The summed E-state index contributed by atoms with van der Waals surface area (Å²) in [5, 5.41) is 0. The van der Waals surface area contributed by atoms with Gasteiger partial charge in [0.2, 0.25) is 0 Å². The predicted octanol–water partition coefficient (Wildman–Crippen LogP) is 4.77. The molecule has 0 amide bonds. The second-order valence-corrected chi connectivity index (χ2v) is 11.2. The van der Waals surface area contributed by atoms with E-state index in [1.165, 1.54) is 32.1 Å². The molecule has 1 heterocycles. The second kappa shape index (κ2) is 5.06. The molecule has 5 fully saturated rings. The van der Waals surface area contributed by atoms with Gasteiger partial charge in [0.25, 0.3) is 0 Å². The van der Waals surface area contributed by atoms with E-state index < -0.39 is 0 Å². The third-order valence-electron chi connectivity index (χ3n) is 10.9. The third kappa shape index (κ3) is 1.62. The molecule has 1 unspecified atom stereocenters. The molecule has 6 rings (SSSR count). The van der Waals surface area contributed by atoms with Gasteiger partial charge in [0.15, 0.2) is 5.79 Å². The summed E-state index contributed by atoms with van der Waals surface area (Å²) < 4.78 is 18.2. The third-order valence-corrected chi connectivity index (χ3v) is 10.9. The van der Waals surface area contributed by atoms with Crippen molar-refractivity contribution in [3.8, 4) is 0 Å². The Labute approximate surface area is 168 Å². The number of fused-ring (bicyclic) bond motifs is 4. The fraction of sp³-hybridized carbons (Fsp3) is 0.875. The Kier molecular flexibility index (Phi) is 3.24. The van der Waals surface area contributed by atoms with Crippen molar-refractivity contribution in [1.82, 2.24) is 0 Å². The van der Waals surface area contributed by atoms with E-state index in [1.807, 2.05) is 0 Å². The average Bonchev–Trinajstić information content (AvgIpc) is 3.18. The molecule has 2 spiro atoms. The van der Waals surface area contributed by atoms with E-state index >= 15 is 0 Å². The Hall–Kier alpha value is -0.870. The molecule has 5 aliphatic carbocycles. The van der Waals surface area contributed by atoms with Crippen LogP contribution in [0, 0.1) is 27.6 Å². The number of esters is 1. The van der Waals surface area contributed by atoms with Crippen LogP contribution in [0.5, 0.6) is 0 Å². The van der Waals surface area contributed by atoms with Crippen molar-refractivity contribution >= 4 is 5.97 Å². The largest absolute Gasteiger partial charge is 0.462 e.